The lowest BCUT2D eigenvalue weighted by molar-refractivity contribution is -0.224. The first-order valence-electron chi connectivity index (χ1n) is 18.5. The van der Waals surface area contributed by atoms with Crippen LogP contribution >= 0.6 is 0 Å². The van der Waals surface area contributed by atoms with E-state index in [4.69, 9.17) is 28.9 Å². The molecule has 2 bridgehead atoms. The van der Waals surface area contributed by atoms with Crippen molar-refractivity contribution in [2.75, 3.05) is 26.4 Å². The molecule has 8 atom stereocenters. The van der Waals surface area contributed by atoms with Crippen LogP contribution < -0.4 is 10.6 Å². The van der Waals surface area contributed by atoms with Crippen molar-refractivity contribution in [1.82, 2.24) is 15.7 Å². The maximum atomic E-state index is 14.7. The monoisotopic (exact) mass is 717 g/mol. The highest BCUT2D eigenvalue weighted by atomic mass is 16.8. The standard InChI is InChI=1S/C37H55N3O11/c1-4-6-8-15-36(16-9-7-5-2)49-29-27-22-37(35(46)39-28(24(3)43)33(44)38-17-18-41)31(34(45)48-27)40(51-32(37)30(29)50-36)23-26-12-10-25(11-13-26)14-20-47-21-19-42/h10-14,20,24,27-32,41-43H,4-9,15-19,21-23H2,1-3H3,(H,38,44)(H,39,46)/t24-,27+,28+,29-,30-,31+,32+,37+/m0/s1. The van der Waals surface area contributed by atoms with E-state index in [2.05, 4.69) is 24.5 Å². The predicted molar refractivity (Wildman–Crippen MR) is 184 cm³/mol. The van der Waals surface area contributed by atoms with Gasteiger partial charge < -0.3 is 44.9 Å². The van der Waals surface area contributed by atoms with Crippen molar-refractivity contribution in [3.63, 3.8) is 0 Å². The molecule has 284 valence electrons. The van der Waals surface area contributed by atoms with Crippen LogP contribution in [0.1, 0.15) is 89.7 Å². The largest absolute Gasteiger partial charge is 0.499 e. The Kier molecular flexibility index (Phi) is 13.5. The van der Waals surface area contributed by atoms with Crippen LogP contribution in [0.15, 0.2) is 30.5 Å². The number of ether oxygens (including phenoxy) is 4. The highest BCUT2D eigenvalue weighted by molar-refractivity contribution is 5.96. The van der Waals surface area contributed by atoms with Crippen molar-refractivity contribution < 1.29 is 53.5 Å². The molecule has 3 aliphatic heterocycles. The molecule has 4 aliphatic rings. The third kappa shape index (κ3) is 8.43. The lowest BCUT2D eigenvalue weighted by Gasteiger charge is -2.49. The van der Waals surface area contributed by atoms with E-state index < -0.39 is 71.6 Å². The first-order chi connectivity index (χ1) is 24.6. The number of nitrogens with one attached hydrogen (secondary N) is 2. The van der Waals surface area contributed by atoms with Gasteiger partial charge in [0.15, 0.2) is 11.8 Å². The Balaban J connectivity index is 1.48. The summed E-state index contributed by atoms with van der Waals surface area (Å²) in [7, 11) is 0. The first-order valence-corrected chi connectivity index (χ1v) is 18.5. The average Bonchev–Trinajstić information content (AvgIpc) is 3.67. The Morgan fingerprint density at radius 2 is 1.73 bits per heavy atom. The zero-order chi connectivity index (χ0) is 36.6. The number of esters is 1. The van der Waals surface area contributed by atoms with Crippen LogP contribution in [0.3, 0.4) is 0 Å². The summed E-state index contributed by atoms with van der Waals surface area (Å²) in [6.45, 7) is 5.52. The molecule has 2 amide bonds. The van der Waals surface area contributed by atoms with Gasteiger partial charge in [0.1, 0.15) is 42.5 Å². The van der Waals surface area contributed by atoms with E-state index in [0.717, 1.165) is 49.7 Å². The molecule has 1 aliphatic carbocycles. The van der Waals surface area contributed by atoms with Crippen LogP contribution in [0.4, 0.5) is 0 Å². The summed E-state index contributed by atoms with van der Waals surface area (Å²) in [4.78, 5) is 48.4. The molecule has 3 heterocycles. The number of nitrogens with zero attached hydrogens (tertiary/aromatic N) is 1. The Morgan fingerprint density at radius 1 is 1.04 bits per heavy atom. The van der Waals surface area contributed by atoms with E-state index in [9.17, 15) is 24.6 Å². The number of fused-ring (bicyclic) bond motifs is 4. The molecule has 4 fully saturated rings. The van der Waals surface area contributed by atoms with Crippen LogP contribution in [0.2, 0.25) is 0 Å². The smallest absolute Gasteiger partial charge is 0.327 e. The summed E-state index contributed by atoms with van der Waals surface area (Å²) in [5.41, 5.74) is 0.116. The van der Waals surface area contributed by atoms with Gasteiger partial charge in [-0.3, -0.25) is 19.2 Å². The Labute approximate surface area is 299 Å². The molecule has 5 rings (SSSR count). The van der Waals surface area contributed by atoms with Crippen molar-refractivity contribution >= 4 is 23.9 Å². The van der Waals surface area contributed by atoms with Gasteiger partial charge in [-0.25, -0.2) is 0 Å². The molecule has 5 N–H and O–H groups in total. The number of aliphatic hydroxyl groups excluding tert-OH is 3. The maximum absolute atomic E-state index is 14.7. The summed E-state index contributed by atoms with van der Waals surface area (Å²) < 4.78 is 25.0. The molecule has 1 saturated carbocycles. The lowest BCUT2D eigenvalue weighted by Crippen LogP contribution is -2.71. The van der Waals surface area contributed by atoms with E-state index >= 15 is 0 Å². The van der Waals surface area contributed by atoms with Crippen LogP contribution in [-0.4, -0.2) is 113 Å². The molecule has 1 aromatic carbocycles. The second kappa shape index (κ2) is 17.6. The third-order valence-corrected chi connectivity index (χ3v) is 10.3. The van der Waals surface area contributed by atoms with Crippen LogP contribution in [0.25, 0.3) is 6.08 Å². The summed E-state index contributed by atoms with van der Waals surface area (Å²) in [5, 5.41) is 35.5. The van der Waals surface area contributed by atoms with Gasteiger partial charge >= 0.3 is 5.97 Å². The SMILES string of the molecule is CCCCCC1(CCCCC)O[C@@H]2[C@H](O1)[C@H]1ON(Cc3ccc(C=COCCO)cc3)[C@@H]3C(=O)O[C@@H]2C[C@]13C(=O)N[C@@H](C(=O)NCCO)[C@H](C)O. The quantitative estimate of drug-likeness (QED) is 0.0753. The molecule has 0 radical (unpaired) electrons. The highest BCUT2D eigenvalue weighted by Gasteiger charge is 2.76. The topological polar surface area (TPSA) is 185 Å². The maximum Gasteiger partial charge on any atom is 0.327 e. The van der Waals surface area contributed by atoms with E-state index in [1.54, 1.807) is 6.08 Å². The van der Waals surface area contributed by atoms with E-state index in [0.29, 0.717) is 12.8 Å². The number of unbranched alkanes of at least 4 members (excludes halogenated alkanes) is 4. The van der Waals surface area contributed by atoms with Crippen molar-refractivity contribution in [2.24, 2.45) is 5.41 Å². The molecule has 0 aromatic heterocycles. The van der Waals surface area contributed by atoms with Gasteiger partial charge in [0.25, 0.3) is 0 Å². The zero-order valence-corrected chi connectivity index (χ0v) is 30.0. The van der Waals surface area contributed by atoms with Crippen molar-refractivity contribution in [3.8, 4) is 0 Å². The van der Waals surface area contributed by atoms with Gasteiger partial charge in [-0.15, -0.1) is 0 Å². The summed E-state index contributed by atoms with van der Waals surface area (Å²) in [5.74, 6) is -2.87. The molecule has 14 heteroatoms. The van der Waals surface area contributed by atoms with Gasteiger partial charge in [0.2, 0.25) is 11.8 Å². The van der Waals surface area contributed by atoms with E-state index in [1.807, 2.05) is 24.3 Å². The molecule has 0 spiro atoms. The second-order valence-corrected chi connectivity index (χ2v) is 14.1. The fraction of sp³-hybridized carbons (Fsp3) is 0.703. The number of carbonyl (C=O) groups excluding carboxylic acids is 3. The van der Waals surface area contributed by atoms with E-state index in [1.165, 1.54) is 18.2 Å². The molecular formula is C37H55N3O11. The molecular weight excluding hydrogens is 662 g/mol. The second-order valence-electron chi connectivity index (χ2n) is 14.1. The minimum absolute atomic E-state index is 0.0586. The Morgan fingerprint density at radius 3 is 2.35 bits per heavy atom. The van der Waals surface area contributed by atoms with Crippen molar-refractivity contribution in [3.05, 3.63) is 41.7 Å². The number of aliphatic hydroxyl groups is 3. The van der Waals surface area contributed by atoms with E-state index in [-0.39, 0.29) is 39.3 Å². The number of amides is 2. The third-order valence-electron chi connectivity index (χ3n) is 10.3. The van der Waals surface area contributed by atoms with Crippen molar-refractivity contribution in [2.45, 2.75) is 133 Å². The van der Waals surface area contributed by atoms with Crippen LogP contribution in [0, 0.1) is 5.41 Å². The van der Waals surface area contributed by atoms with Gasteiger partial charge in [-0.1, -0.05) is 63.8 Å². The fourth-order valence-electron chi connectivity index (χ4n) is 7.83. The number of hydroxylamine groups is 2. The molecule has 14 nitrogen and oxygen atoms in total. The summed E-state index contributed by atoms with van der Waals surface area (Å²) >= 11 is 0. The molecule has 51 heavy (non-hydrogen) atoms. The van der Waals surface area contributed by atoms with Crippen molar-refractivity contribution in [1.29, 1.82) is 0 Å². The number of benzene rings is 1. The summed E-state index contributed by atoms with van der Waals surface area (Å²) in [6, 6.07) is 4.96. The predicted octanol–water partition coefficient (Wildman–Crippen LogP) is 2.08. The number of hydrogen-bond donors (Lipinski definition) is 5. The average molecular weight is 718 g/mol. The minimum atomic E-state index is -1.54. The molecule has 0 unspecified atom stereocenters. The molecule has 3 saturated heterocycles. The first kappa shape index (κ1) is 39.1. The van der Waals surface area contributed by atoms with Crippen LogP contribution in [-0.2, 0) is 44.7 Å². The number of hydrogen-bond acceptors (Lipinski definition) is 12. The Bertz CT molecular complexity index is 1350. The number of rotatable bonds is 20. The van der Waals surface area contributed by atoms with Crippen LogP contribution in [0.5, 0.6) is 0 Å². The fourth-order valence-corrected chi connectivity index (χ4v) is 7.83. The van der Waals surface area contributed by atoms with Gasteiger partial charge in [-0.2, -0.15) is 5.06 Å². The van der Waals surface area contributed by atoms with Gasteiger partial charge in [0, 0.05) is 25.8 Å². The zero-order valence-electron chi connectivity index (χ0n) is 30.0. The highest BCUT2D eigenvalue weighted by Crippen LogP contribution is 2.58. The normalized spacial score (nSPS) is 29.0. The Hall–Kier alpha value is -3.11. The van der Waals surface area contributed by atoms with Gasteiger partial charge in [-0.05, 0) is 37.0 Å². The minimum Gasteiger partial charge on any atom is -0.499 e. The lowest BCUT2D eigenvalue weighted by atomic mass is 9.62. The molecule has 1 aromatic rings. The van der Waals surface area contributed by atoms with Gasteiger partial charge in [0.05, 0.1) is 32.1 Å². The number of carbonyl (C=O) groups is 3. The summed E-state index contributed by atoms with van der Waals surface area (Å²) in [6.07, 6.45) is 6.01.